The average molecular weight is 359 g/mol. The van der Waals surface area contributed by atoms with Gasteiger partial charge in [0, 0.05) is 6.54 Å². The first-order valence-electron chi connectivity index (χ1n) is 8.26. The van der Waals surface area contributed by atoms with E-state index in [4.69, 9.17) is 4.74 Å². The summed E-state index contributed by atoms with van der Waals surface area (Å²) in [5, 5.41) is 12.0. The predicted molar refractivity (Wildman–Crippen MR) is 95.7 cm³/mol. The minimum Gasteiger partial charge on any atom is -0.494 e. The summed E-state index contributed by atoms with van der Waals surface area (Å²) in [5.74, 6) is -2.49. The molecule has 26 heavy (non-hydrogen) atoms. The Balaban J connectivity index is 1.92. The molecule has 2 aromatic rings. The molecule has 0 aliphatic rings. The highest BCUT2D eigenvalue weighted by Gasteiger charge is 2.19. The van der Waals surface area contributed by atoms with Crippen LogP contribution >= 0.6 is 0 Å². The maximum absolute atomic E-state index is 13.7. The van der Waals surface area contributed by atoms with Crippen LogP contribution in [0.25, 0.3) is 0 Å². The molecule has 0 aliphatic carbocycles. The van der Waals surface area contributed by atoms with Crippen molar-refractivity contribution in [2.45, 2.75) is 19.8 Å². The van der Waals surface area contributed by atoms with Crippen molar-refractivity contribution in [3.63, 3.8) is 0 Å². The molecule has 5 nitrogen and oxygen atoms in total. The van der Waals surface area contributed by atoms with Crippen LogP contribution in [0.3, 0.4) is 0 Å². The monoisotopic (exact) mass is 359 g/mol. The molecule has 0 heterocycles. The van der Waals surface area contributed by atoms with Crippen molar-refractivity contribution in [3.8, 4) is 5.75 Å². The van der Waals surface area contributed by atoms with Crippen molar-refractivity contribution in [2.24, 2.45) is 5.92 Å². The maximum Gasteiger partial charge on any atom is 0.308 e. The molecule has 2 N–H and O–H groups in total. The fourth-order valence-corrected chi connectivity index (χ4v) is 2.68. The van der Waals surface area contributed by atoms with Crippen molar-refractivity contribution >= 4 is 11.9 Å². The number of halogens is 1. The number of methoxy groups -OCH3 is 1. The van der Waals surface area contributed by atoms with Crippen LogP contribution in [-0.2, 0) is 22.4 Å². The zero-order chi connectivity index (χ0) is 19.1. The molecule has 0 saturated heterocycles. The van der Waals surface area contributed by atoms with Crippen LogP contribution in [0.1, 0.15) is 16.7 Å². The number of ether oxygens (including phenoxy) is 1. The van der Waals surface area contributed by atoms with Crippen molar-refractivity contribution in [2.75, 3.05) is 13.7 Å². The number of benzene rings is 2. The fourth-order valence-electron chi connectivity index (χ4n) is 2.68. The standard InChI is InChI=1S/C20H22FNO4/c1-13-4-3-5-14(8-13)9-16(20(24)25)12-22-19(23)11-15-6-7-18(26-2)17(21)10-15/h3-8,10,16H,9,11-12H2,1-2H3,(H,22,23)(H,24,25). The normalized spacial score (nSPS) is 11.7. The van der Waals surface area contributed by atoms with Crippen LogP contribution in [0.15, 0.2) is 42.5 Å². The number of carbonyl (C=O) groups is 2. The van der Waals surface area contributed by atoms with Gasteiger partial charge in [-0.15, -0.1) is 0 Å². The molecule has 0 saturated carbocycles. The molecule has 0 radical (unpaired) electrons. The lowest BCUT2D eigenvalue weighted by Crippen LogP contribution is -2.34. The van der Waals surface area contributed by atoms with E-state index >= 15 is 0 Å². The number of hydrogen-bond donors (Lipinski definition) is 2. The third-order valence-electron chi connectivity index (χ3n) is 4.04. The van der Waals surface area contributed by atoms with Crippen molar-refractivity contribution in [1.29, 1.82) is 0 Å². The van der Waals surface area contributed by atoms with E-state index in [9.17, 15) is 19.1 Å². The zero-order valence-corrected chi connectivity index (χ0v) is 14.8. The first kappa shape index (κ1) is 19.4. The highest BCUT2D eigenvalue weighted by Crippen LogP contribution is 2.18. The quantitative estimate of drug-likeness (QED) is 0.760. The highest BCUT2D eigenvalue weighted by molar-refractivity contribution is 5.79. The summed E-state index contributed by atoms with van der Waals surface area (Å²) in [4.78, 5) is 23.5. The summed E-state index contributed by atoms with van der Waals surface area (Å²) in [6.45, 7) is 1.95. The molecule has 2 aromatic carbocycles. The van der Waals surface area contributed by atoms with Gasteiger partial charge in [0.2, 0.25) is 5.91 Å². The van der Waals surface area contributed by atoms with Gasteiger partial charge in [-0.3, -0.25) is 9.59 Å². The molecule has 2 rings (SSSR count). The summed E-state index contributed by atoms with van der Waals surface area (Å²) < 4.78 is 18.5. The van der Waals surface area contributed by atoms with E-state index in [2.05, 4.69) is 5.32 Å². The largest absolute Gasteiger partial charge is 0.494 e. The molecule has 0 aliphatic heterocycles. The number of carbonyl (C=O) groups excluding carboxylic acids is 1. The number of aliphatic carboxylic acids is 1. The summed E-state index contributed by atoms with van der Waals surface area (Å²) in [7, 11) is 1.37. The van der Waals surface area contributed by atoms with E-state index in [-0.39, 0.29) is 24.6 Å². The second-order valence-electron chi connectivity index (χ2n) is 6.18. The number of aryl methyl sites for hydroxylation is 1. The van der Waals surface area contributed by atoms with Crippen molar-refractivity contribution < 1.29 is 23.8 Å². The third-order valence-corrected chi connectivity index (χ3v) is 4.04. The molecule has 0 fully saturated rings. The summed E-state index contributed by atoms with van der Waals surface area (Å²) in [5.41, 5.74) is 2.45. The van der Waals surface area contributed by atoms with Crippen LogP contribution < -0.4 is 10.1 Å². The average Bonchev–Trinajstić information content (AvgIpc) is 2.58. The van der Waals surface area contributed by atoms with E-state index in [0.29, 0.717) is 12.0 Å². The van der Waals surface area contributed by atoms with Crippen molar-refractivity contribution in [1.82, 2.24) is 5.32 Å². The molecule has 1 atom stereocenters. The van der Waals surface area contributed by atoms with Crippen LogP contribution in [0.4, 0.5) is 4.39 Å². The third kappa shape index (κ3) is 5.58. The topological polar surface area (TPSA) is 75.6 Å². The van der Waals surface area contributed by atoms with Gasteiger partial charge in [0.1, 0.15) is 0 Å². The molecular weight excluding hydrogens is 337 g/mol. The fraction of sp³-hybridized carbons (Fsp3) is 0.300. The van der Waals surface area contributed by atoms with Crippen LogP contribution in [0.2, 0.25) is 0 Å². The maximum atomic E-state index is 13.7. The Morgan fingerprint density at radius 2 is 1.96 bits per heavy atom. The van der Waals surface area contributed by atoms with E-state index in [0.717, 1.165) is 11.1 Å². The first-order chi connectivity index (χ1) is 12.4. The minimum atomic E-state index is -0.970. The highest BCUT2D eigenvalue weighted by atomic mass is 19.1. The molecule has 0 spiro atoms. The summed E-state index contributed by atoms with van der Waals surface area (Å²) in [6, 6.07) is 11.9. The molecule has 0 bridgehead atoms. The molecule has 1 unspecified atom stereocenters. The number of carboxylic acid groups (broad SMARTS) is 1. The Labute approximate surface area is 151 Å². The molecule has 1 amide bonds. The van der Waals surface area contributed by atoms with Gasteiger partial charge in [0.05, 0.1) is 19.4 Å². The minimum absolute atomic E-state index is 0.0146. The molecule has 6 heteroatoms. The summed E-state index contributed by atoms with van der Waals surface area (Å²) in [6.07, 6.45) is 0.298. The summed E-state index contributed by atoms with van der Waals surface area (Å²) >= 11 is 0. The number of carboxylic acids is 1. The van der Waals surface area contributed by atoms with Crippen molar-refractivity contribution in [3.05, 3.63) is 65.0 Å². The predicted octanol–water partition coefficient (Wildman–Crippen LogP) is 2.74. The van der Waals surface area contributed by atoms with Crippen LogP contribution in [0, 0.1) is 18.7 Å². The first-order valence-corrected chi connectivity index (χ1v) is 8.26. The van der Waals surface area contributed by atoms with Gasteiger partial charge in [-0.2, -0.15) is 0 Å². The second kappa shape index (κ2) is 8.99. The Bertz CT molecular complexity index is 791. The van der Waals surface area contributed by atoms with Gasteiger partial charge >= 0.3 is 5.97 Å². The number of rotatable bonds is 8. The van der Waals surface area contributed by atoms with Gasteiger partial charge in [-0.05, 0) is 36.6 Å². The molecular formula is C20H22FNO4. The van der Waals surface area contributed by atoms with Gasteiger partial charge in [0.15, 0.2) is 11.6 Å². The lowest BCUT2D eigenvalue weighted by Gasteiger charge is -2.14. The van der Waals surface area contributed by atoms with Gasteiger partial charge in [-0.1, -0.05) is 35.9 Å². The van der Waals surface area contributed by atoms with E-state index in [1.165, 1.54) is 19.2 Å². The Morgan fingerprint density at radius 3 is 2.58 bits per heavy atom. The Kier molecular flexibility index (Phi) is 6.72. The SMILES string of the molecule is COc1ccc(CC(=O)NCC(Cc2cccc(C)c2)C(=O)O)cc1F. The van der Waals surface area contributed by atoms with E-state index in [1.807, 2.05) is 31.2 Å². The van der Waals surface area contributed by atoms with E-state index < -0.39 is 17.7 Å². The lowest BCUT2D eigenvalue weighted by molar-refractivity contribution is -0.141. The number of amides is 1. The lowest BCUT2D eigenvalue weighted by atomic mass is 9.98. The smallest absolute Gasteiger partial charge is 0.308 e. The van der Waals surface area contributed by atoms with E-state index in [1.54, 1.807) is 6.07 Å². The zero-order valence-electron chi connectivity index (χ0n) is 14.8. The number of hydrogen-bond acceptors (Lipinski definition) is 3. The molecule has 138 valence electrons. The molecule has 0 aromatic heterocycles. The second-order valence-corrected chi connectivity index (χ2v) is 6.18. The van der Waals surface area contributed by atoms with Gasteiger partial charge in [0.25, 0.3) is 0 Å². The van der Waals surface area contributed by atoms with Crippen LogP contribution in [0.5, 0.6) is 5.75 Å². The Morgan fingerprint density at radius 1 is 1.19 bits per heavy atom. The van der Waals surface area contributed by atoms with Gasteiger partial charge in [-0.25, -0.2) is 4.39 Å². The van der Waals surface area contributed by atoms with Gasteiger partial charge < -0.3 is 15.2 Å². The Hall–Kier alpha value is -2.89. The van der Waals surface area contributed by atoms with Crippen LogP contribution in [-0.4, -0.2) is 30.6 Å². The number of nitrogens with one attached hydrogen (secondary N) is 1.